The van der Waals surface area contributed by atoms with Crippen molar-refractivity contribution in [2.24, 2.45) is 0 Å². The fourth-order valence-electron chi connectivity index (χ4n) is 2.91. The molecule has 0 spiro atoms. The topological polar surface area (TPSA) is 101 Å². The number of hydrogen-bond acceptors (Lipinski definition) is 8. The molecular formula is C14H22O8. The predicted octanol–water partition coefficient (Wildman–Crippen LogP) is -0.237. The highest BCUT2D eigenvalue weighted by Crippen LogP contribution is 2.44. The van der Waals surface area contributed by atoms with E-state index in [9.17, 15) is 14.7 Å². The first-order valence-corrected chi connectivity index (χ1v) is 6.94. The van der Waals surface area contributed by atoms with E-state index in [0.29, 0.717) is 0 Å². The highest BCUT2D eigenvalue weighted by atomic mass is 16.8. The van der Waals surface area contributed by atoms with Gasteiger partial charge in [-0.15, -0.1) is 0 Å². The highest BCUT2D eigenvalue weighted by molar-refractivity contribution is 5.93. The Kier molecular flexibility index (Phi) is 4.35. The van der Waals surface area contributed by atoms with Crippen LogP contribution in [0.5, 0.6) is 0 Å². The maximum absolute atomic E-state index is 12.3. The van der Waals surface area contributed by atoms with Crippen LogP contribution in [0.1, 0.15) is 26.7 Å². The normalized spacial score (nSPS) is 45.3. The number of methoxy groups -OCH3 is 3. The molecule has 2 rings (SSSR count). The molecule has 2 aliphatic rings. The second kappa shape index (κ2) is 5.54. The van der Waals surface area contributed by atoms with Crippen molar-refractivity contribution in [3.63, 3.8) is 0 Å². The number of Topliss-reactive ketones (excluding diaryl/α,β-unsaturated/α-hetero) is 1. The number of aliphatic hydroxyl groups is 1. The average Bonchev–Trinajstić information content (AvgIpc) is 2.48. The third kappa shape index (κ3) is 2.44. The van der Waals surface area contributed by atoms with Gasteiger partial charge in [-0.2, -0.15) is 0 Å². The molecule has 1 heterocycles. The van der Waals surface area contributed by atoms with Crippen molar-refractivity contribution < 1.29 is 38.4 Å². The molecule has 0 aromatic rings. The van der Waals surface area contributed by atoms with Gasteiger partial charge in [0, 0.05) is 27.1 Å². The van der Waals surface area contributed by atoms with Crippen molar-refractivity contribution in [2.45, 2.75) is 56.1 Å². The minimum absolute atomic E-state index is 0.130. The van der Waals surface area contributed by atoms with Gasteiger partial charge >= 0.3 is 5.97 Å². The van der Waals surface area contributed by atoms with Crippen molar-refractivity contribution >= 4 is 11.8 Å². The Morgan fingerprint density at radius 1 is 1.18 bits per heavy atom. The zero-order chi connectivity index (χ0) is 16.8. The quantitative estimate of drug-likeness (QED) is 0.712. The van der Waals surface area contributed by atoms with Crippen molar-refractivity contribution in [3.05, 3.63) is 0 Å². The van der Waals surface area contributed by atoms with Crippen molar-refractivity contribution in [1.82, 2.24) is 0 Å². The fraction of sp³-hybridized carbons (Fsp3) is 0.857. The lowest BCUT2D eigenvalue weighted by Gasteiger charge is -2.54. The van der Waals surface area contributed by atoms with Crippen LogP contribution in [0, 0.1) is 0 Å². The summed E-state index contributed by atoms with van der Waals surface area (Å²) < 4.78 is 26.8. The molecule has 5 atom stereocenters. The Morgan fingerprint density at radius 3 is 2.23 bits per heavy atom. The van der Waals surface area contributed by atoms with Gasteiger partial charge in [0.25, 0.3) is 0 Å². The molecule has 0 aromatic carbocycles. The van der Waals surface area contributed by atoms with Gasteiger partial charge < -0.3 is 28.8 Å². The zero-order valence-electron chi connectivity index (χ0n) is 13.4. The van der Waals surface area contributed by atoms with Gasteiger partial charge in [0.2, 0.25) is 11.6 Å². The van der Waals surface area contributed by atoms with Crippen LogP contribution in [0.15, 0.2) is 0 Å². The van der Waals surface area contributed by atoms with Crippen LogP contribution in [0.3, 0.4) is 0 Å². The largest absolute Gasteiger partial charge is 0.467 e. The van der Waals surface area contributed by atoms with E-state index in [0.717, 1.165) is 7.11 Å². The van der Waals surface area contributed by atoms with Gasteiger partial charge in [-0.1, -0.05) is 0 Å². The Hall–Kier alpha value is -1.06. The Bertz CT molecular complexity index is 479. The third-order valence-electron chi connectivity index (χ3n) is 4.56. The first kappa shape index (κ1) is 17.3. The molecule has 1 N–H and O–H groups in total. The van der Waals surface area contributed by atoms with Gasteiger partial charge in [-0.3, -0.25) is 4.79 Å². The first-order valence-electron chi connectivity index (χ1n) is 6.94. The predicted molar refractivity (Wildman–Crippen MR) is 71.8 cm³/mol. The minimum Gasteiger partial charge on any atom is -0.467 e. The maximum Gasteiger partial charge on any atom is 0.338 e. The second-order valence-electron chi connectivity index (χ2n) is 5.86. The molecule has 8 nitrogen and oxygen atoms in total. The molecule has 1 aliphatic carbocycles. The number of carbonyl (C=O) groups is 2. The van der Waals surface area contributed by atoms with E-state index < -0.39 is 47.6 Å². The van der Waals surface area contributed by atoms with Crippen LogP contribution >= 0.6 is 0 Å². The smallest absolute Gasteiger partial charge is 0.338 e. The van der Waals surface area contributed by atoms with Crippen molar-refractivity contribution in [1.29, 1.82) is 0 Å². The molecule has 1 saturated carbocycles. The van der Waals surface area contributed by atoms with Gasteiger partial charge in [0.1, 0.15) is 6.10 Å². The number of fused-ring (bicyclic) bond motifs is 1. The first-order chi connectivity index (χ1) is 10.1. The Labute approximate surface area is 128 Å². The minimum atomic E-state index is -1.92. The van der Waals surface area contributed by atoms with Gasteiger partial charge in [-0.05, 0) is 13.8 Å². The van der Waals surface area contributed by atoms with Crippen LogP contribution < -0.4 is 0 Å². The van der Waals surface area contributed by atoms with Gasteiger partial charge in [-0.25, -0.2) is 4.79 Å². The van der Waals surface area contributed by atoms with E-state index in [1.165, 1.54) is 14.2 Å². The number of ether oxygens (including phenoxy) is 5. The number of rotatable bonds is 3. The van der Waals surface area contributed by atoms with Crippen molar-refractivity contribution in [3.8, 4) is 0 Å². The monoisotopic (exact) mass is 318 g/mol. The van der Waals surface area contributed by atoms with Crippen LogP contribution in [-0.2, 0) is 33.3 Å². The molecule has 0 bridgehead atoms. The summed E-state index contributed by atoms with van der Waals surface area (Å²) in [5, 5.41) is 10.4. The molecule has 1 aliphatic heterocycles. The Balaban J connectivity index is 2.32. The average molecular weight is 318 g/mol. The summed E-state index contributed by atoms with van der Waals surface area (Å²) in [6, 6.07) is 0. The van der Waals surface area contributed by atoms with Gasteiger partial charge in [0.15, 0.2) is 11.4 Å². The lowest BCUT2D eigenvalue weighted by Crippen LogP contribution is -2.69. The highest BCUT2D eigenvalue weighted by Gasteiger charge is 2.62. The second-order valence-corrected chi connectivity index (χ2v) is 5.86. The third-order valence-corrected chi connectivity index (χ3v) is 4.56. The van der Waals surface area contributed by atoms with E-state index in [4.69, 9.17) is 18.9 Å². The molecule has 8 heteroatoms. The molecule has 126 valence electrons. The molecule has 0 aromatic heterocycles. The molecule has 2 fully saturated rings. The Morgan fingerprint density at radius 2 is 1.73 bits per heavy atom. The van der Waals surface area contributed by atoms with Crippen LogP contribution in [0.25, 0.3) is 0 Å². The molecular weight excluding hydrogens is 296 g/mol. The fourth-order valence-corrected chi connectivity index (χ4v) is 2.91. The lowest BCUT2D eigenvalue weighted by atomic mass is 9.79. The van der Waals surface area contributed by atoms with Crippen molar-refractivity contribution in [2.75, 3.05) is 21.3 Å². The number of ketones is 1. The summed E-state index contributed by atoms with van der Waals surface area (Å²) in [4.78, 5) is 24.0. The number of esters is 1. The maximum atomic E-state index is 12.3. The van der Waals surface area contributed by atoms with E-state index in [1.807, 2.05) is 0 Å². The molecule has 3 unspecified atom stereocenters. The summed E-state index contributed by atoms with van der Waals surface area (Å²) in [5.41, 5.74) is -1.92. The summed E-state index contributed by atoms with van der Waals surface area (Å²) in [6.07, 6.45) is -2.32. The SMILES string of the molecule is COC(=O)[C@]1(O)CC(=O)[C@H]2OC(C)(OC)C(C)(OC)OC2C1. The number of carbonyl (C=O) groups excluding carboxylic acids is 2. The zero-order valence-corrected chi connectivity index (χ0v) is 13.4. The van der Waals surface area contributed by atoms with E-state index >= 15 is 0 Å². The standard InChI is InChI=1S/C14H22O8/c1-12(19-4)13(2,20-5)22-10-8(15)6-14(17,11(16)18-3)7-9(10)21-12/h9-10,17H,6-7H2,1-5H3/t9?,10-,12?,13?,14+/m1/s1. The summed E-state index contributed by atoms with van der Waals surface area (Å²) in [7, 11) is 3.98. The summed E-state index contributed by atoms with van der Waals surface area (Å²) >= 11 is 0. The number of hydrogen-bond donors (Lipinski definition) is 1. The van der Waals surface area contributed by atoms with E-state index in [1.54, 1.807) is 13.8 Å². The van der Waals surface area contributed by atoms with Crippen LogP contribution in [0.2, 0.25) is 0 Å². The molecule has 1 saturated heterocycles. The van der Waals surface area contributed by atoms with Crippen LogP contribution in [0.4, 0.5) is 0 Å². The van der Waals surface area contributed by atoms with E-state index in [-0.39, 0.29) is 6.42 Å². The molecule has 0 amide bonds. The molecule has 0 radical (unpaired) electrons. The van der Waals surface area contributed by atoms with E-state index in [2.05, 4.69) is 4.74 Å². The van der Waals surface area contributed by atoms with Gasteiger partial charge in [0.05, 0.1) is 13.2 Å². The summed E-state index contributed by atoms with van der Waals surface area (Å²) in [6.45, 7) is 3.20. The summed E-state index contributed by atoms with van der Waals surface area (Å²) in [5.74, 6) is -3.94. The molecule has 22 heavy (non-hydrogen) atoms. The lowest BCUT2D eigenvalue weighted by molar-refractivity contribution is -0.446. The van der Waals surface area contributed by atoms with Crippen LogP contribution in [-0.4, -0.2) is 67.6 Å².